The summed E-state index contributed by atoms with van der Waals surface area (Å²) in [7, 11) is 0. The van der Waals surface area contributed by atoms with Gasteiger partial charge in [-0.15, -0.1) is 11.8 Å². The minimum atomic E-state index is 0.149. The van der Waals surface area contributed by atoms with Gasteiger partial charge in [-0.2, -0.15) is 0 Å². The Hall–Kier alpha value is -0.760. The maximum atomic E-state index is 12.3. The van der Waals surface area contributed by atoms with Gasteiger partial charge in [0.1, 0.15) is 5.78 Å². The number of Topliss-reactive ketones (excluding diaryl/α,β-unsaturated/α-hetero) is 1. The highest BCUT2D eigenvalue weighted by molar-refractivity contribution is 7.99. The highest BCUT2D eigenvalue weighted by Crippen LogP contribution is 2.40. The first-order valence-electron chi connectivity index (χ1n) is 6.46. The summed E-state index contributed by atoms with van der Waals surface area (Å²) < 4.78 is 0. The van der Waals surface area contributed by atoms with Crippen molar-refractivity contribution in [2.75, 3.05) is 5.75 Å². The molecule has 1 aliphatic rings. The van der Waals surface area contributed by atoms with E-state index in [-0.39, 0.29) is 5.92 Å². The first-order valence-corrected chi connectivity index (χ1v) is 7.45. The Morgan fingerprint density at radius 1 is 1.47 bits per heavy atom. The molecule has 0 N–H and O–H groups in total. The molecule has 0 aliphatic carbocycles. The van der Waals surface area contributed by atoms with E-state index in [0.717, 1.165) is 18.6 Å². The van der Waals surface area contributed by atoms with Gasteiger partial charge in [0.15, 0.2) is 0 Å². The van der Waals surface area contributed by atoms with Crippen molar-refractivity contribution in [3.05, 3.63) is 29.8 Å². The number of thioether (sulfide) groups is 1. The normalized spacial score (nSPS) is 20.0. The van der Waals surface area contributed by atoms with Gasteiger partial charge in [0.2, 0.25) is 0 Å². The van der Waals surface area contributed by atoms with E-state index < -0.39 is 0 Å². The lowest BCUT2D eigenvalue weighted by Gasteiger charge is -2.13. The Bertz CT molecular complexity index is 400. The van der Waals surface area contributed by atoms with E-state index >= 15 is 0 Å². The van der Waals surface area contributed by atoms with Crippen molar-refractivity contribution < 1.29 is 4.79 Å². The van der Waals surface area contributed by atoms with Gasteiger partial charge in [-0.1, -0.05) is 44.9 Å². The van der Waals surface area contributed by atoms with E-state index in [1.54, 1.807) is 0 Å². The Morgan fingerprint density at radius 2 is 2.24 bits per heavy atom. The summed E-state index contributed by atoms with van der Waals surface area (Å²) in [5.41, 5.74) is 1.26. The van der Waals surface area contributed by atoms with Crippen molar-refractivity contribution in [3.63, 3.8) is 0 Å². The molecule has 0 radical (unpaired) electrons. The average Bonchev–Trinajstić information content (AvgIpc) is 2.72. The van der Waals surface area contributed by atoms with Gasteiger partial charge in [-0.25, -0.2) is 0 Å². The second kappa shape index (κ2) is 5.72. The van der Waals surface area contributed by atoms with Crippen LogP contribution in [0.5, 0.6) is 0 Å². The van der Waals surface area contributed by atoms with Crippen LogP contribution < -0.4 is 0 Å². The standard InChI is InChI=1S/C15H20OS/c1-3-6-11(2)9-14(16)13-10-17-15-8-5-4-7-12(13)15/h4-5,7-8,11,13H,3,6,9-10H2,1-2H3. The molecule has 1 aromatic rings. The Labute approximate surface area is 108 Å². The zero-order chi connectivity index (χ0) is 12.3. The fourth-order valence-electron chi connectivity index (χ4n) is 2.51. The van der Waals surface area contributed by atoms with E-state index in [4.69, 9.17) is 0 Å². The smallest absolute Gasteiger partial charge is 0.141 e. The number of carbonyl (C=O) groups excluding carboxylic acids is 1. The number of ketones is 1. The highest BCUT2D eigenvalue weighted by atomic mass is 32.2. The van der Waals surface area contributed by atoms with Crippen molar-refractivity contribution in [3.8, 4) is 0 Å². The second-order valence-corrected chi connectivity index (χ2v) is 6.03. The molecule has 1 aliphatic heterocycles. The molecule has 0 saturated carbocycles. The maximum absolute atomic E-state index is 12.3. The number of hydrogen-bond acceptors (Lipinski definition) is 2. The number of benzene rings is 1. The molecule has 1 aromatic carbocycles. The van der Waals surface area contributed by atoms with Crippen LogP contribution in [0.3, 0.4) is 0 Å². The molecular weight excluding hydrogens is 228 g/mol. The lowest BCUT2D eigenvalue weighted by Crippen LogP contribution is -2.15. The summed E-state index contributed by atoms with van der Waals surface area (Å²) in [6.07, 6.45) is 3.07. The lowest BCUT2D eigenvalue weighted by molar-refractivity contribution is -0.120. The van der Waals surface area contributed by atoms with Crippen molar-refractivity contribution >= 4 is 17.5 Å². The molecule has 0 aromatic heterocycles. The van der Waals surface area contributed by atoms with Crippen molar-refractivity contribution in [2.45, 2.75) is 43.9 Å². The Balaban J connectivity index is 2.02. The SMILES string of the molecule is CCCC(C)CC(=O)C1CSc2ccccc21. The fraction of sp³-hybridized carbons (Fsp3) is 0.533. The molecule has 0 fully saturated rings. The van der Waals surface area contributed by atoms with Crippen LogP contribution in [-0.4, -0.2) is 11.5 Å². The number of fused-ring (bicyclic) bond motifs is 1. The first-order chi connectivity index (χ1) is 8.22. The van der Waals surface area contributed by atoms with Crippen molar-refractivity contribution in [1.82, 2.24) is 0 Å². The van der Waals surface area contributed by atoms with E-state index in [1.807, 2.05) is 17.8 Å². The molecule has 2 rings (SSSR count). The third kappa shape index (κ3) is 2.92. The van der Waals surface area contributed by atoms with Crippen LogP contribution >= 0.6 is 11.8 Å². The largest absolute Gasteiger partial charge is 0.299 e. The van der Waals surface area contributed by atoms with Gasteiger partial charge >= 0.3 is 0 Å². The van der Waals surface area contributed by atoms with Crippen LogP contribution in [0, 0.1) is 5.92 Å². The van der Waals surface area contributed by atoms with Crippen molar-refractivity contribution in [1.29, 1.82) is 0 Å². The van der Waals surface area contributed by atoms with Gasteiger partial charge in [-0.05, 0) is 17.5 Å². The second-order valence-electron chi connectivity index (χ2n) is 4.97. The third-order valence-corrected chi connectivity index (χ3v) is 4.60. The van der Waals surface area contributed by atoms with Gasteiger partial charge in [0.25, 0.3) is 0 Å². The van der Waals surface area contributed by atoms with Crippen LogP contribution in [0.1, 0.15) is 44.6 Å². The Morgan fingerprint density at radius 3 is 3.00 bits per heavy atom. The summed E-state index contributed by atoms with van der Waals surface area (Å²) in [6, 6.07) is 8.34. The molecule has 0 spiro atoms. The summed E-state index contributed by atoms with van der Waals surface area (Å²) in [5.74, 6) is 2.06. The quantitative estimate of drug-likeness (QED) is 0.774. The van der Waals surface area contributed by atoms with E-state index in [0.29, 0.717) is 11.7 Å². The van der Waals surface area contributed by atoms with E-state index in [9.17, 15) is 4.79 Å². The van der Waals surface area contributed by atoms with Gasteiger partial charge < -0.3 is 0 Å². The zero-order valence-electron chi connectivity index (χ0n) is 10.6. The van der Waals surface area contributed by atoms with Crippen LogP contribution in [0.4, 0.5) is 0 Å². The fourth-order valence-corrected chi connectivity index (χ4v) is 3.77. The van der Waals surface area contributed by atoms with E-state index in [2.05, 4.69) is 32.0 Å². The van der Waals surface area contributed by atoms with Crippen molar-refractivity contribution in [2.24, 2.45) is 5.92 Å². The maximum Gasteiger partial charge on any atom is 0.141 e. The summed E-state index contributed by atoms with van der Waals surface area (Å²) in [4.78, 5) is 13.6. The summed E-state index contributed by atoms with van der Waals surface area (Å²) in [6.45, 7) is 4.37. The predicted molar refractivity (Wildman–Crippen MR) is 73.6 cm³/mol. The van der Waals surface area contributed by atoms with Gasteiger partial charge in [0, 0.05) is 17.1 Å². The average molecular weight is 248 g/mol. The van der Waals surface area contributed by atoms with E-state index in [1.165, 1.54) is 16.9 Å². The van der Waals surface area contributed by atoms with Gasteiger partial charge in [0.05, 0.1) is 5.92 Å². The molecule has 2 atom stereocenters. The number of carbonyl (C=O) groups is 1. The molecule has 92 valence electrons. The molecule has 17 heavy (non-hydrogen) atoms. The van der Waals surface area contributed by atoms with Crippen LogP contribution in [0.15, 0.2) is 29.2 Å². The van der Waals surface area contributed by atoms with Crippen LogP contribution in [0.25, 0.3) is 0 Å². The highest BCUT2D eigenvalue weighted by Gasteiger charge is 2.29. The molecule has 2 heteroatoms. The number of hydrogen-bond donors (Lipinski definition) is 0. The molecule has 2 unspecified atom stereocenters. The summed E-state index contributed by atoms with van der Waals surface area (Å²) >= 11 is 1.82. The van der Waals surface area contributed by atoms with Crippen LogP contribution in [-0.2, 0) is 4.79 Å². The minimum Gasteiger partial charge on any atom is -0.299 e. The first kappa shape index (κ1) is 12.7. The Kier molecular flexibility index (Phi) is 4.27. The predicted octanol–water partition coefficient (Wildman–Crippen LogP) is 4.27. The molecule has 0 bridgehead atoms. The number of rotatable bonds is 5. The van der Waals surface area contributed by atoms with Gasteiger partial charge in [-0.3, -0.25) is 4.79 Å². The molecular formula is C15H20OS. The topological polar surface area (TPSA) is 17.1 Å². The third-order valence-electron chi connectivity index (χ3n) is 3.42. The lowest BCUT2D eigenvalue weighted by atomic mass is 9.89. The minimum absolute atomic E-state index is 0.149. The molecule has 1 nitrogen and oxygen atoms in total. The zero-order valence-corrected chi connectivity index (χ0v) is 11.4. The molecule has 0 amide bonds. The monoisotopic (exact) mass is 248 g/mol. The van der Waals surface area contributed by atoms with Crippen LogP contribution in [0.2, 0.25) is 0 Å². The molecule has 1 heterocycles. The molecule has 0 saturated heterocycles. The summed E-state index contributed by atoms with van der Waals surface area (Å²) in [5, 5.41) is 0.